The second kappa shape index (κ2) is 8.42. The van der Waals surface area contributed by atoms with E-state index in [1.54, 1.807) is 0 Å². The number of aromatic nitrogens is 2. The molecule has 3 rings (SSSR count). The van der Waals surface area contributed by atoms with E-state index in [0.29, 0.717) is 30.6 Å². The number of benzene rings is 1. The summed E-state index contributed by atoms with van der Waals surface area (Å²) in [4.78, 5) is 16.5. The summed E-state index contributed by atoms with van der Waals surface area (Å²) in [5.74, 6) is 1.14. The van der Waals surface area contributed by atoms with Gasteiger partial charge in [0.15, 0.2) is 0 Å². The Morgan fingerprint density at radius 2 is 1.88 bits per heavy atom. The molecule has 0 radical (unpaired) electrons. The fraction of sp³-hybridized carbons (Fsp3) is 0.500. The van der Waals surface area contributed by atoms with Crippen LogP contribution in [0.5, 0.6) is 0 Å². The summed E-state index contributed by atoms with van der Waals surface area (Å²) in [5, 5.41) is 7.13. The molecule has 1 amide bonds. The quantitative estimate of drug-likeness (QED) is 0.772. The number of carbonyl (C=O) groups excluding carboxylic acids is 1. The van der Waals surface area contributed by atoms with Crippen LogP contribution in [0.2, 0.25) is 0 Å². The molecule has 2 aromatic rings. The molecule has 0 aliphatic heterocycles. The number of carbonyl (C=O) groups is 1. The van der Waals surface area contributed by atoms with Crippen LogP contribution >= 0.6 is 15.9 Å². The van der Waals surface area contributed by atoms with Crippen molar-refractivity contribution in [2.75, 3.05) is 0 Å². The average Bonchev–Trinajstić information content (AvgIpc) is 2.91. The van der Waals surface area contributed by atoms with Crippen molar-refractivity contribution in [3.05, 3.63) is 34.6 Å². The normalized spacial score (nSPS) is 15.9. The van der Waals surface area contributed by atoms with Gasteiger partial charge < -0.3 is 9.84 Å². The highest BCUT2D eigenvalue weighted by atomic mass is 79.9. The number of rotatable bonds is 5. The molecule has 5 nitrogen and oxygen atoms in total. The van der Waals surface area contributed by atoms with E-state index < -0.39 is 0 Å². The molecule has 1 fully saturated rings. The number of nitrogens with one attached hydrogen (secondary N) is 1. The molecule has 0 bridgehead atoms. The standard InChI is InChI=1S/C18H22BrN3O2/c19-14-9-7-13(8-10-14)18-21-17(24-22-18)12-11-16(23)20-15-5-3-1-2-4-6-15/h7-10,15H,1-6,11-12H2,(H,20,23). The van der Waals surface area contributed by atoms with E-state index in [4.69, 9.17) is 4.52 Å². The zero-order valence-corrected chi connectivity index (χ0v) is 15.2. The molecule has 1 aliphatic rings. The van der Waals surface area contributed by atoms with Crippen molar-refractivity contribution in [1.29, 1.82) is 0 Å². The minimum atomic E-state index is 0.0743. The van der Waals surface area contributed by atoms with Gasteiger partial charge in [0, 0.05) is 28.9 Å². The molecule has 0 atom stereocenters. The molecule has 128 valence electrons. The van der Waals surface area contributed by atoms with E-state index in [-0.39, 0.29) is 5.91 Å². The van der Waals surface area contributed by atoms with Gasteiger partial charge in [-0.1, -0.05) is 46.8 Å². The number of nitrogens with zero attached hydrogens (tertiary/aromatic N) is 2. The Kier molecular flexibility index (Phi) is 6.01. The van der Waals surface area contributed by atoms with Gasteiger partial charge in [-0.2, -0.15) is 4.98 Å². The van der Waals surface area contributed by atoms with Crippen molar-refractivity contribution in [2.24, 2.45) is 0 Å². The van der Waals surface area contributed by atoms with Crippen LogP contribution in [-0.2, 0) is 11.2 Å². The van der Waals surface area contributed by atoms with Crippen LogP contribution in [-0.4, -0.2) is 22.1 Å². The Balaban J connectivity index is 1.49. The lowest BCUT2D eigenvalue weighted by Crippen LogP contribution is -2.34. The highest BCUT2D eigenvalue weighted by Gasteiger charge is 2.16. The Labute approximate surface area is 150 Å². The van der Waals surface area contributed by atoms with Gasteiger partial charge in [-0.25, -0.2) is 0 Å². The lowest BCUT2D eigenvalue weighted by atomic mass is 10.1. The van der Waals surface area contributed by atoms with Crippen molar-refractivity contribution >= 4 is 21.8 Å². The third kappa shape index (κ3) is 4.90. The van der Waals surface area contributed by atoms with Crippen LogP contribution in [0.1, 0.15) is 50.8 Å². The summed E-state index contributed by atoms with van der Waals surface area (Å²) in [6.45, 7) is 0. The lowest BCUT2D eigenvalue weighted by molar-refractivity contribution is -0.121. The lowest BCUT2D eigenvalue weighted by Gasteiger charge is -2.15. The first kappa shape index (κ1) is 17.1. The van der Waals surface area contributed by atoms with E-state index in [1.165, 1.54) is 25.7 Å². The highest BCUT2D eigenvalue weighted by Crippen LogP contribution is 2.20. The molecule has 1 aromatic carbocycles. The maximum Gasteiger partial charge on any atom is 0.227 e. The van der Waals surface area contributed by atoms with Crippen molar-refractivity contribution in [3.8, 4) is 11.4 Å². The van der Waals surface area contributed by atoms with Crippen LogP contribution in [0.3, 0.4) is 0 Å². The van der Waals surface area contributed by atoms with E-state index in [1.807, 2.05) is 24.3 Å². The van der Waals surface area contributed by atoms with Gasteiger partial charge in [-0.3, -0.25) is 4.79 Å². The summed E-state index contributed by atoms with van der Waals surface area (Å²) in [5.41, 5.74) is 0.899. The van der Waals surface area contributed by atoms with Crippen LogP contribution in [0.25, 0.3) is 11.4 Å². The van der Waals surface area contributed by atoms with E-state index >= 15 is 0 Å². The van der Waals surface area contributed by atoms with E-state index in [9.17, 15) is 4.79 Å². The minimum Gasteiger partial charge on any atom is -0.353 e. The monoisotopic (exact) mass is 391 g/mol. The summed E-state index contributed by atoms with van der Waals surface area (Å²) >= 11 is 3.40. The fourth-order valence-electron chi connectivity index (χ4n) is 3.02. The van der Waals surface area contributed by atoms with Gasteiger partial charge in [0.25, 0.3) is 0 Å². The summed E-state index contributed by atoms with van der Waals surface area (Å²) < 4.78 is 6.26. The number of hydrogen-bond acceptors (Lipinski definition) is 4. The summed E-state index contributed by atoms with van der Waals surface area (Å²) in [6, 6.07) is 8.06. The molecular weight excluding hydrogens is 370 g/mol. The second-order valence-corrected chi connectivity index (χ2v) is 7.19. The fourth-order valence-corrected chi connectivity index (χ4v) is 3.28. The minimum absolute atomic E-state index is 0.0743. The van der Waals surface area contributed by atoms with Gasteiger partial charge in [-0.05, 0) is 37.1 Å². The van der Waals surface area contributed by atoms with Gasteiger partial charge >= 0.3 is 0 Å². The Morgan fingerprint density at radius 1 is 1.17 bits per heavy atom. The molecule has 1 N–H and O–H groups in total. The Morgan fingerprint density at radius 3 is 2.58 bits per heavy atom. The molecule has 1 heterocycles. The zero-order valence-electron chi connectivity index (χ0n) is 13.6. The zero-order chi connectivity index (χ0) is 16.8. The van der Waals surface area contributed by atoms with E-state index in [0.717, 1.165) is 22.9 Å². The van der Waals surface area contributed by atoms with Gasteiger partial charge in [0.1, 0.15) is 0 Å². The maximum atomic E-state index is 12.1. The smallest absolute Gasteiger partial charge is 0.227 e. The largest absolute Gasteiger partial charge is 0.353 e. The summed E-state index contributed by atoms with van der Waals surface area (Å²) in [6.07, 6.45) is 8.05. The predicted octanol–water partition coefficient (Wildman–Crippen LogP) is 4.27. The average molecular weight is 392 g/mol. The molecule has 1 aliphatic carbocycles. The molecule has 1 saturated carbocycles. The third-order valence-corrected chi connectivity index (χ3v) is 4.89. The molecule has 0 saturated heterocycles. The topological polar surface area (TPSA) is 68.0 Å². The second-order valence-electron chi connectivity index (χ2n) is 6.27. The van der Waals surface area contributed by atoms with Crippen LogP contribution in [0, 0.1) is 0 Å². The van der Waals surface area contributed by atoms with Gasteiger partial charge in [-0.15, -0.1) is 0 Å². The number of aryl methyl sites for hydroxylation is 1. The van der Waals surface area contributed by atoms with Crippen molar-refractivity contribution in [1.82, 2.24) is 15.5 Å². The SMILES string of the molecule is O=C(CCc1nc(-c2ccc(Br)cc2)no1)NC1CCCCCC1. The third-order valence-electron chi connectivity index (χ3n) is 4.36. The van der Waals surface area contributed by atoms with Crippen molar-refractivity contribution in [3.63, 3.8) is 0 Å². The highest BCUT2D eigenvalue weighted by molar-refractivity contribution is 9.10. The Bertz CT molecular complexity index is 661. The van der Waals surface area contributed by atoms with Crippen LogP contribution in [0.4, 0.5) is 0 Å². The molecule has 6 heteroatoms. The molecule has 1 aromatic heterocycles. The van der Waals surface area contributed by atoms with Crippen molar-refractivity contribution < 1.29 is 9.32 Å². The molecule has 0 unspecified atom stereocenters. The molecule has 24 heavy (non-hydrogen) atoms. The number of amides is 1. The van der Waals surface area contributed by atoms with Gasteiger partial charge in [0.2, 0.25) is 17.6 Å². The van der Waals surface area contributed by atoms with Crippen molar-refractivity contribution in [2.45, 2.75) is 57.4 Å². The first-order valence-electron chi connectivity index (χ1n) is 8.58. The first-order chi connectivity index (χ1) is 11.7. The number of hydrogen-bond donors (Lipinski definition) is 1. The summed E-state index contributed by atoms with van der Waals surface area (Å²) in [7, 11) is 0. The van der Waals surface area contributed by atoms with Gasteiger partial charge in [0.05, 0.1) is 0 Å². The first-order valence-corrected chi connectivity index (χ1v) is 9.38. The Hall–Kier alpha value is -1.69. The molecular formula is C18H22BrN3O2. The molecule has 0 spiro atoms. The number of halogens is 1. The predicted molar refractivity (Wildman–Crippen MR) is 95.4 cm³/mol. The van der Waals surface area contributed by atoms with Crippen LogP contribution in [0.15, 0.2) is 33.3 Å². The van der Waals surface area contributed by atoms with Crippen LogP contribution < -0.4 is 5.32 Å². The van der Waals surface area contributed by atoms with E-state index in [2.05, 4.69) is 31.4 Å². The maximum absolute atomic E-state index is 12.1.